The third-order valence-electron chi connectivity index (χ3n) is 3.12. The molecule has 1 fully saturated rings. The second-order valence-corrected chi connectivity index (χ2v) is 4.58. The van der Waals surface area contributed by atoms with Crippen molar-refractivity contribution in [1.29, 1.82) is 0 Å². The highest BCUT2D eigenvalue weighted by Gasteiger charge is 2.32. The van der Waals surface area contributed by atoms with Crippen molar-refractivity contribution < 1.29 is 14.3 Å². The van der Waals surface area contributed by atoms with Crippen molar-refractivity contribution in [3.05, 3.63) is 60.7 Å². The minimum Gasteiger partial charge on any atom is -0.490 e. The van der Waals surface area contributed by atoms with Crippen LogP contribution in [-0.4, -0.2) is 25.3 Å². The summed E-state index contributed by atoms with van der Waals surface area (Å²) >= 11 is 0. The number of rotatable bonds is 4. The van der Waals surface area contributed by atoms with Gasteiger partial charge in [0.05, 0.1) is 6.54 Å². The zero-order valence-corrected chi connectivity index (χ0v) is 10.9. The molecule has 102 valence electrons. The highest BCUT2D eigenvalue weighted by molar-refractivity contribution is 5.89. The number of benzene rings is 2. The van der Waals surface area contributed by atoms with Gasteiger partial charge in [-0.15, -0.1) is 0 Å². The standard InChI is InChI=1S/C16H15NO3/c18-16-17(13-7-3-1-4-8-13)11-15(20-16)12-19-14-9-5-2-6-10-14/h1-10,15H,11-12H2. The van der Waals surface area contributed by atoms with E-state index in [1.807, 2.05) is 60.7 Å². The lowest BCUT2D eigenvalue weighted by molar-refractivity contribution is 0.105. The summed E-state index contributed by atoms with van der Waals surface area (Å²) < 4.78 is 10.9. The highest BCUT2D eigenvalue weighted by Crippen LogP contribution is 2.21. The van der Waals surface area contributed by atoms with E-state index in [2.05, 4.69) is 0 Å². The molecule has 1 amide bonds. The van der Waals surface area contributed by atoms with Crippen molar-refractivity contribution in [2.45, 2.75) is 6.10 Å². The highest BCUT2D eigenvalue weighted by atomic mass is 16.6. The zero-order valence-electron chi connectivity index (χ0n) is 10.9. The molecule has 0 saturated carbocycles. The third kappa shape index (κ3) is 2.74. The fourth-order valence-electron chi connectivity index (χ4n) is 2.13. The van der Waals surface area contributed by atoms with E-state index in [1.165, 1.54) is 0 Å². The smallest absolute Gasteiger partial charge is 0.414 e. The molecule has 1 aliphatic heterocycles. The van der Waals surface area contributed by atoms with Gasteiger partial charge in [0.15, 0.2) is 6.10 Å². The van der Waals surface area contributed by atoms with Crippen LogP contribution >= 0.6 is 0 Å². The summed E-state index contributed by atoms with van der Waals surface area (Å²) in [5, 5.41) is 0. The molecule has 4 heteroatoms. The van der Waals surface area contributed by atoms with Crippen LogP contribution in [0.15, 0.2) is 60.7 Å². The number of hydrogen-bond donors (Lipinski definition) is 0. The molecule has 20 heavy (non-hydrogen) atoms. The minimum atomic E-state index is -0.321. The Labute approximate surface area is 117 Å². The van der Waals surface area contributed by atoms with Crippen molar-refractivity contribution in [2.75, 3.05) is 18.1 Å². The van der Waals surface area contributed by atoms with Crippen LogP contribution in [0.1, 0.15) is 0 Å². The second-order valence-electron chi connectivity index (χ2n) is 4.58. The van der Waals surface area contributed by atoms with Gasteiger partial charge < -0.3 is 9.47 Å². The Balaban J connectivity index is 1.60. The molecule has 1 atom stereocenters. The van der Waals surface area contributed by atoms with Crippen LogP contribution in [0.25, 0.3) is 0 Å². The van der Waals surface area contributed by atoms with Gasteiger partial charge in [0.25, 0.3) is 0 Å². The molecule has 1 saturated heterocycles. The van der Waals surface area contributed by atoms with Crippen molar-refractivity contribution >= 4 is 11.8 Å². The van der Waals surface area contributed by atoms with Crippen molar-refractivity contribution in [1.82, 2.24) is 0 Å². The molecule has 3 rings (SSSR count). The van der Waals surface area contributed by atoms with E-state index in [0.29, 0.717) is 13.2 Å². The van der Waals surface area contributed by atoms with Crippen LogP contribution in [0.3, 0.4) is 0 Å². The van der Waals surface area contributed by atoms with Crippen LogP contribution in [-0.2, 0) is 4.74 Å². The number of ether oxygens (including phenoxy) is 2. The number of anilines is 1. The maximum absolute atomic E-state index is 11.8. The summed E-state index contributed by atoms with van der Waals surface area (Å²) in [6, 6.07) is 19.0. The Morgan fingerprint density at radius 2 is 1.70 bits per heavy atom. The lowest BCUT2D eigenvalue weighted by Gasteiger charge is -2.12. The predicted molar refractivity (Wildman–Crippen MR) is 76.0 cm³/mol. The number of carbonyl (C=O) groups excluding carboxylic acids is 1. The number of cyclic esters (lactones) is 1. The largest absolute Gasteiger partial charge is 0.490 e. The zero-order chi connectivity index (χ0) is 13.8. The van der Waals surface area contributed by atoms with Crippen LogP contribution < -0.4 is 9.64 Å². The van der Waals surface area contributed by atoms with Crippen molar-refractivity contribution in [2.24, 2.45) is 0 Å². The van der Waals surface area contributed by atoms with Crippen LogP contribution in [0.2, 0.25) is 0 Å². The van der Waals surface area contributed by atoms with Crippen molar-refractivity contribution in [3.8, 4) is 5.75 Å². The minimum absolute atomic E-state index is 0.247. The lowest BCUT2D eigenvalue weighted by Crippen LogP contribution is -2.26. The molecular formula is C16H15NO3. The van der Waals surface area contributed by atoms with E-state index in [1.54, 1.807) is 4.90 Å². The number of carbonyl (C=O) groups is 1. The quantitative estimate of drug-likeness (QED) is 0.856. The lowest BCUT2D eigenvalue weighted by atomic mass is 10.3. The first-order valence-corrected chi connectivity index (χ1v) is 6.54. The Morgan fingerprint density at radius 1 is 1.05 bits per heavy atom. The average molecular weight is 269 g/mol. The number of para-hydroxylation sites is 2. The summed E-state index contributed by atoms with van der Waals surface area (Å²) in [6.07, 6.45) is -0.569. The molecule has 0 aliphatic carbocycles. The predicted octanol–water partition coefficient (Wildman–Crippen LogP) is 3.09. The summed E-state index contributed by atoms with van der Waals surface area (Å²) in [7, 11) is 0. The fraction of sp³-hybridized carbons (Fsp3) is 0.188. The maximum atomic E-state index is 11.8. The molecular weight excluding hydrogens is 254 g/mol. The Bertz CT molecular complexity index is 571. The first-order valence-electron chi connectivity index (χ1n) is 6.54. The van der Waals surface area contributed by atoms with E-state index in [9.17, 15) is 4.79 Å². The molecule has 1 heterocycles. The molecule has 4 nitrogen and oxygen atoms in total. The van der Waals surface area contributed by atoms with Gasteiger partial charge in [-0.3, -0.25) is 4.90 Å². The SMILES string of the molecule is O=C1OC(COc2ccccc2)CN1c1ccccc1. The van der Waals surface area contributed by atoms with Gasteiger partial charge in [-0.1, -0.05) is 36.4 Å². The molecule has 0 N–H and O–H groups in total. The fourth-order valence-corrected chi connectivity index (χ4v) is 2.13. The first-order chi connectivity index (χ1) is 9.83. The Kier molecular flexibility index (Phi) is 3.54. The van der Waals surface area contributed by atoms with Crippen LogP contribution in [0, 0.1) is 0 Å². The summed E-state index contributed by atoms with van der Waals surface area (Å²) in [4.78, 5) is 13.5. The van der Waals surface area contributed by atoms with E-state index >= 15 is 0 Å². The van der Waals surface area contributed by atoms with Gasteiger partial charge >= 0.3 is 6.09 Å². The monoisotopic (exact) mass is 269 g/mol. The third-order valence-corrected chi connectivity index (χ3v) is 3.12. The normalized spacial score (nSPS) is 17.9. The van der Waals surface area contributed by atoms with Gasteiger partial charge in [0, 0.05) is 5.69 Å². The number of amides is 1. The van der Waals surface area contributed by atoms with Crippen LogP contribution in [0.5, 0.6) is 5.75 Å². The van der Waals surface area contributed by atoms with Gasteiger partial charge in [-0.2, -0.15) is 0 Å². The maximum Gasteiger partial charge on any atom is 0.414 e. The first kappa shape index (κ1) is 12.5. The molecule has 0 aromatic heterocycles. The summed E-state index contributed by atoms with van der Waals surface area (Å²) in [6.45, 7) is 0.870. The molecule has 2 aromatic carbocycles. The van der Waals surface area contributed by atoms with Gasteiger partial charge in [0.1, 0.15) is 12.4 Å². The molecule has 1 aliphatic rings. The summed E-state index contributed by atoms with van der Waals surface area (Å²) in [5.74, 6) is 0.779. The Morgan fingerprint density at radius 3 is 2.40 bits per heavy atom. The van der Waals surface area contributed by atoms with Gasteiger partial charge in [-0.25, -0.2) is 4.79 Å². The average Bonchev–Trinajstić information content (AvgIpc) is 2.88. The van der Waals surface area contributed by atoms with Gasteiger partial charge in [-0.05, 0) is 24.3 Å². The van der Waals surface area contributed by atoms with E-state index < -0.39 is 0 Å². The number of nitrogens with zero attached hydrogens (tertiary/aromatic N) is 1. The molecule has 2 aromatic rings. The Hall–Kier alpha value is -2.49. The molecule has 0 radical (unpaired) electrons. The van der Waals surface area contributed by atoms with E-state index in [-0.39, 0.29) is 12.2 Å². The molecule has 0 bridgehead atoms. The van der Waals surface area contributed by atoms with E-state index in [4.69, 9.17) is 9.47 Å². The van der Waals surface area contributed by atoms with Crippen molar-refractivity contribution in [3.63, 3.8) is 0 Å². The number of hydrogen-bond acceptors (Lipinski definition) is 3. The van der Waals surface area contributed by atoms with Gasteiger partial charge in [0.2, 0.25) is 0 Å². The second kappa shape index (κ2) is 5.65. The molecule has 1 unspecified atom stereocenters. The van der Waals surface area contributed by atoms with E-state index in [0.717, 1.165) is 11.4 Å². The topological polar surface area (TPSA) is 38.8 Å². The molecule has 0 spiro atoms. The van der Waals surface area contributed by atoms with Crippen LogP contribution in [0.4, 0.5) is 10.5 Å². The summed E-state index contributed by atoms with van der Waals surface area (Å²) in [5.41, 5.74) is 0.847.